The van der Waals surface area contributed by atoms with Crippen molar-refractivity contribution in [1.29, 1.82) is 0 Å². The Morgan fingerprint density at radius 2 is 1.85 bits per heavy atom. The Bertz CT molecular complexity index is 620. The fourth-order valence-electron chi connectivity index (χ4n) is 2.15. The first kappa shape index (κ1) is 14.1. The van der Waals surface area contributed by atoms with Crippen molar-refractivity contribution in [3.05, 3.63) is 59.2 Å². The molecular formula is C17H19NO2. The van der Waals surface area contributed by atoms with Crippen molar-refractivity contribution < 1.29 is 9.53 Å². The van der Waals surface area contributed by atoms with Crippen LogP contribution in [0, 0.1) is 13.8 Å². The third kappa shape index (κ3) is 3.60. The maximum atomic E-state index is 12.1. The standard InChI is InChI=1S/C17H19NO2/c1-12-5-4-6-15(10-12)18-17(19)11-14-9-13(2)7-8-16(14)20-3/h4-10H,11H2,1-3H3,(H,18,19). The van der Waals surface area contributed by atoms with E-state index in [1.165, 1.54) is 0 Å². The SMILES string of the molecule is COc1ccc(C)cc1CC(=O)Nc1cccc(C)c1. The Kier molecular flexibility index (Phi) is 4.41. The van der Waals surface area contributed by atoms with Crippen molar-refractivity contribution in [3.8, 4) is 5.75 Å². The Morgan fingerprint density at radius 3 is 2.55 bits per heavy atom. The average Bonchev–Trinajstić information content (AvgIpc) is 2.38. The predicted octanol–water partition coefficient (Wildman–Crippen LogP) is 3.49. The Balaban J connectivity index is 2.10. The Morgan fingerprint density at radius 1 is 1.10 bits per heavy atom. The average molecular weight is 269 g/mol. The molecule has 20 heavy (non-hydrogen) atoms. The van der Waals surface area contributed by atoms with E-state index >= 15 is 0 Å². The van der Waals surface area contributed by atoms with Gasteiger partial charge in [-0.15, -0.1) is 0 Å². The minimum atomic E-state index is -0.0421. The molecule has 104 valence electrons. The van der Waals surface area contributed by atoms with Crippen molar-refractivity contribution in [2.45, 2.75) is 20.3 Å². The number of ether oxygens (including phenoxy) is 1. The number of carbonyl (C=O) groups excluding carboxylic acids is 1. The van der Waals surface area contributed by atoms with Crippen LogP contribution in [0.2, 0.25) is 0 Å². The van der Waals surface area contributed by atoms with Gasteiger partial charge in [-0.1, -0.05) is 29.8 Å². The molecule has 0 spiro atoms. The van der Waals surface area contributed by atoms with Crippen LogP contribution < -0.4 is 10.1 Å². The molecule has 0 saturated carbocycles. The van der Waals surface area contributed by atoms with Crippen LogP contribution in [0.3, 0.4) is 0 Å². The van der Waals surface area contributed by atoms with Crippen molar-refractivity contribution >= 4 is 11.6 Å². The topological polar surface area (TPSA) is 38.3 Å². The predicted molar refractivity (Wildman–Crippen MR) is 81.2 cm³/mol. The molecule has 3 heteroatoms. The van der Waals surface area contributed by atoms with Gasteiger partial charge in [-0.2, -0.15) is 0 Å². The summed E-state index contributed by atoms with van der Waals surface area (Å²) in [6.07, 6.45) is 0.304. The molecule has 0 fully saturated rings. The van der Waals surface area contributed by atoms with E-state index in [1.807, 2.05) is 56.3 Å². The lowest BCUT2D eigenvalue weighted by Crippen LogP contribution is -2.15. The van der Waals surface area contributed by atoms with Crippen LogP contribution in [0.1, 0.15) is 16.7 Å². The van der Waals surface area contributed by atoms with E-state index in [2.05, 4.69) is 5.32 Å². The molecule has 2 aromatic rings. The highest BCUT2D eigenvalue weighted by molar-refractivity contribution is 5.92. The number of aryl methyl sites for hydroxylation is 2. The first-order chi connectivity index (χ1) is 9.58. The molecule has 0 heterocycles. The highest BCUT2D eigenvalue weighted by Gasteiger charge is 2.09. The number of amides is 1. The van der Waals surface area contributed by atoms with Gasteiger partial charge in [0.15, 0.2) is 0 Å². The van der Waals surface area contributed by atoms with Gasteiger partial charge < -0.3 is 10.1 Å². The summed E-state index contributed by atoms with van der Waals surface area (Å²) in [7, 11) is 1.62. The molecule has 0 aliphatic heterocycles. The molecule has 0 saturated heterocycles. The second-order valence-corrected chi connectivity index (χ2v) is 4.91. The molecule has 0 aliphatic carbocycles. The zero-order chi connectivity index (χ0) is 14.5. The molecule has 0 atom stereocenters. The van der Waals surface area contributed by atoms with Crippen molar-refractivity contribution in [3.63, 3.8) is 0 Å². The van der Waals surface area contributed by atoms with Crippen LogP contribution in [-0.2, 0) is 11.2 Å². The van der Waals surface area contributed by atoms with Gasteiger partial charge in [0.05, 0.1) is 13.5 Å². The van der Waals surface area contributed by atoms with E-state index in [0.29, 0.717) is 6.42 Å². The van der Waals surface area contributed by atoms with Gasteiger partial charge in [0.1, 0.15) is 5.75 Å². The number of rotatable bonds is 4. The normalized spacial score (nSPS) is 10.2. The molecule has 0 aromatic heterocycles. The first-order valence-corrected chi connectivity index (χ1v) is 6.58. The largest absolute Gasteiger partial charge is 0.496 e. The molecule has 2 rings (SSSR count). The first-order valence-electron chi connectivity index (χ1n) is 6.58. The van der Waals surface area contributed by atoms with E-state index in [0.717, 1.165) is 28.1 Å². The van der Waals surface area contributed by atoms with Crippen molar-refractivity contribution in [1.82, 2.24) is 0 Å². The summed E-state index contributed by atoms with van der Waals surface area (Å²) < 4.78 is 5.29. The zero-order valence-electron chi connectivity index (χ0n) is 12.1. The summed E-state index contributed by atoms with van der Waals surface area (Å²) in [5, 5.41) is 2.91. The second-order valence-electron chi connectivity index (χ2n) is 4.91. The molecule has 0 radical (unpaired) electrons. The molecule has 0 bridgehead atoms. The van der Waals surface area contributed by atoms with E-state index in [9.17, 15) is 4.79 Å². The molecule has 0 aliphatic rings. The van der Waals surface area contributed by atoms with Crippen LogP contribution >= 0.6 is 0 Å². The lowest BCUT2D eigenvalue weighted by Gasteiger charge is -2.10. The highest BCUT2D eigenvalue weighted by atomic mass is 16.5. The summed E-state index contributed by atoms with van der Waals surface area (Å²) in [5.74, 6) is 0.703. The van der Waals surface area contributed by atoms with E-state index in [1.54, 1.807) is 7.11 Å². The highest BCUT2D eigenvalue weighted by Crippen LogP contribution is 2.20. The number of hydrogen-bond donors (Lipinski definition) is 1. The summed E-state index contributed by atoms with van der Waals surface area (Å²) in [6, 6.07) is 13.6. The number of benzene rings is 2. The number of nitrogens with one attached hydrogen (secondary N) is 1. The van der Waals surface area contributed by atoms with E-state index in [-0.39, 0.29) is 5.91 Å². The van der Waals surface area contributed by atoms with E-state index < -0.39 is 0 Å². The van der Waals surface area contributed by atoms with Crippen molar-refractivity contribution in [2.75, 3.05) is 12.4 Å². The van der Waals surface area contributed by atoms with Gasteiger partial charge in [0.25, 0.3) is 0 Å². The Labute approximate surface area is 119 Å². The fraction of sp³-hybridized carbons (Fsp3) is 0.235. The minimum Gasteiger partial charge on any atom is -0.496 e. The van der Waals surface area contributed by atoms with E-state index in [4.69, 9.17) is 4.74 Å². The van der Waals surface area contributed by atoms with Crippen LogP contribution in [0.4, 0.5) is 5.69 Å². The van der Waals surface area contributed by atoms with Gasteiger partial charge >= 0.3 is 0 Å². The zero-order valence-corrected chi connectivity index (χ0v) is 12.1. The van der Waals surface area contributed by atoms with Crippen molar-refractivity contribution in [2.24, 2.45) is 0 Å². The third-order valence-electron chi connectivity index (χ3n) is 3.09. The maximum Gasteiger partial charge on any atom is 0.228 e. The number of methoxy groups -OCH3 is 1. The molecule has 2 aromatic carbocycles. The fourth-order valence-corrected chi connectivity index (χ4v) is 2.15. The molecule has 0 unspecified atom stereocenters. The molecular weight excluding hydrogens is 250 g/mol. The lowest BCUT2D eigenvalue weighted by molar-refractivity contribution is -0.115. The van der Waals surface area contributed by atoms with Crippen LogP contribution in [0.25, 0.3) is 0 Å². The van der Waals surface area contributed by atoms with Crippen LogP contribution in [0.5, 0.6) is 5.75 Å². The summed E-state index contributed by atoms with van der Waals surface area (Å²) in [5.41, 5.74) is 3.96. The van der Waals surface area contributed by atoms with Gasteiger partial charge in [0.2, 0.25) is 5.91 Å². The molecule has 1 N–H and O–H groups in total. The monoisotopic (exact) mass is 269 g/mol. The Hall–Kier alpha value is -2.29. The quantitative estimate of drug-likeness (QED) is 0.922. The second kappa shape index (κ2) is 6.24. The van der Waals surface area contributed by atoms with Gasteiger partial charge in [0, 0.05) is 11.3 Å². The summed E-state index contributed by atoms with van der Waals surface area (Å²) in [4.78, 5) is 12.1. The molecule has 3 nitrogen and oxygen atoms in total. The third-order valence-corrected chi connectivity index (χ3v) is 3.09. The number of carbonyl (C=O) groups is 1. The van der Waals surface area contributed by atoms with Gasteiger partial charge in [-0.25, -0.2) is 0 Å². The smallest absolute Gasteiger partial charge is 0.228 e. The van der Waals surface area contributed by atoms with Crippen LogP contribution in [0.15, 0.2) is 42.5 Å². The number of anilines is 1. The molecule has 1 amide bonds. The minimum absolute atomic E-state index is 0.0421. The van der Waals surface area contributed by atoms with Crippen LogP contribution in [-0.4, -0.2) is 13.0 Å². The maximum absolute atomic E-state index is 12.1. The summed E-state index contributed by atoms with van der Waals surface area (Å²) >= 11 is 0. The van der Waals surface area contributed by atoms with Gasteiger partial charge in [-0.3, -0.25) is 4.79 Å². The lowest BCUT2D eigenvalue weighted by atomic mass is 10.1. The van der Waals surface area contributed by atoms with Gasteiger partial charge in [-0.05, 0) is 37.6 Å². The summed E-state index contributed by atoms with van der Waals surface area (Å²) in [6.45, 7) is 4.00. The number of hydrogen-bond acceptors (Lipinski definition) is 2.